The van der Waals surface area contributed by atoms with E-state index in [0.29, 0.717) is 6.42 Å². The predicted octanol–water partition coefficient (Wildman–Crippen LogP) is 1.67. The molecule has 1 aromatic heterocycles. The Morgan fingerprint density at radius 1 is 1.50 bits per heavy atom. The van der Waals surface area contributed by atoms with Crippen molar-refractivity contribution in [2.45, 2.75) is 26.4 Å². The number of hydrogen-bond acceptors (Lipinski definition) is 3. The summed E-state index contributed by atoms with van der Waals surface area (Å²) in [6.45, 7) is 3.75. The molecule has 0 saturated carbocycles. The van der Waals surface area contributed by atoms with Gasteiger partial charge < -0.3 is 14.8 Å². The van der Waals surface area contributed by atoms with E-state index < -0.39 is 18.0 Å². The molecule has 5 nitrogen and oxygen atoms in total. The second-order valence-electron chi connectivity index (χ2n) is 3.95. The summed E-state index contributed by atoms with van der Waals surface area (Å²) in [6, 6.07) is 3.19. The number of ether oxygens (including phenoxy) is 1. The molecule has 2 N–H and O–H groups in total. The van der Waals surface area contributed by atoms with Gasteiger partial charge in [0.1, 0.15) is 5.69 Å². The van der Waals surface area contributed by atoms with Crippen LogP contribution in [0.4, 0.5) is 0 Å². The maximum Gasteiger partial charge on any atom is 0.355 e. The number of nitrogens with one attached hydrogen (secondary N) is 1. The minimum Gasteiger partial charge on any atom is -0.479 e. The summed E-state index contributed by atoms with van der Waals surface area (Å²) >= 11 is 0. The van der Waals surface area contributed by atoms with Crippen molar-refractivity contribution in [3.63, 3.8) is 0 Å². The van der Waals surface area contributed by atoms with Gasteiger partial charge in [-0.25, -0.2) is 9.59 Å². The van der Waals surface area contributed by atoms with Crippen molar-refractivity contribution >= 4 is 11.9 Å². The molecular weight excluding hydrogens is 210 g/mol. The Kier molecular flexibility index (Phi) is 4.10. The lowest BCUT2D eigenvalue weighted by atomic mass is 10.1. The highest BCUT2D eigenvalue weighted by Gasteiger charge is 2.24. The third-order valence-electron chi connectivity index (χ3n) is 2.03. The molecule has 1 aromatic rings. The van der Waals surface area contributed by atoms with E-state index in [4.69, 9.17) is 9.84 Å². The quantitative estimate of drug-likeness (QED) is 0.747. The lowest BCUT2D eigenvalue weighted by Crippen LogP contribution is -2.28. The van der Waals surface area contributed by atoms with Crippen LogP contribution in [0.3, 0.4) is 0 Å². The molecule has 1 heterocycles. The minimum absolute atomic E-state index is 0.151. The highest BCUT2D eigenvalue weighted by molar-refractivity contribution is 5.89. The molecule has 0 radical (unpaired) electrons. The maximum atomic E-state index is 11.5. The third kappa shape index (κ3) is 3.42. The van der Waals surface area contributed by atoms with Gasteiger partial charge >= 0.3 is 11.9 Å². The molecule has 0 spiro atoms. The smallest absolute Gasteiger partial charge is 0.355 e. The van der Waals surface area contributed by atoms with E-state index in [9.17, 15) is 9.59 Å². The standard InChI is InChI=1S/C11H15NO4/c1-7(2)6-9(10(13)14)16-11(15)8-4-3-5-12-8/h3-5,7,9,12H,6H2,1-2H3,(H,13,14). The Morgan fingerprint density at radius 3 is 2.62 bits per heavy atom. The van der Waals surface area contributed by atoms with Gasteiger partial charge in [0.2, 0.25) is 0 Å². The molecule has 0 aliphatic heterocycles. The molecule has 0 amide bonds. The highest BCUT2D eigenvalue weighted by atomic mass is 16.6. The van der Waals surface area contributed by atoms with Crippen LogP contribution in [0.15, 0.2) is 18.3 Å². The zero-order chi connectivity index (χ0) is 12.1. The van der Waals surface area contributed by atoms with Crippen molar-refractivity contribution in [2.24, 2.45) is 5.92 Å². The summed E-state index contributed by atoms with van der Waals surface area (Å²) in [5, 5.41) is 8.88. The number of aromatic nitrogens is 1. The molecule has 88 valence electrons. The lowest BCUT2D eigenvalue weighted by molar-refractivity contribution is -0.148. The maximum absolute atomic E-state index is 11.5. The Bertz CT molecular complexity index is 356. The van der Waals surface area contributed by atoms with Crippen molar-refractivity contribution in [3.8, 4) is 0 Å². The number of hydrogen-bond donors (Lipinski definition) is 2. The first-order valence-corrected chi connectivity index (χ1v) is 5.08. The van der Waals surface area contributed by atoms with Crippen LogP contribution in [-0.2, 0) is 9.53 Å². The fourth-order valence-electron chi connectivity index (χ4n) is 1.28. The monoisotopic (exact) mass is 225 g/mol. The molecule has 0 aliphatic carbocycles. The number of carboxylic acid groups (broad SMARTS) is 1. The van der Waals surface area contributed by atoms with Crippen molar-refractivity contribution in [1.29, 1.82) is 0 Å². The van der Waals surface area contributed by atoms with E-state index in [1.807, 2.05) is 13.8 Å². The molecule has 1 unspecified atom stereocenters. The number of rotatable bonds is 5. The van der Waals surface area contributed by atoms with Crippen molar-refractivity contribution in [1.82, 2.24) is 4.98 Å². The number of aromatic amines is 1. The van der Waals surface area contributed by atoms with Gasteiger partial charge in [-0.2, -0.15) is 0 Å². The van der Waals surface area contributed by atoms with Crippen LogP contribution in [0.2, 0.25) is 0 Å². The molecule has 0 aliphatic rings. The van der Waals surface area contributed by atoms with E-state index in [2.05, 4.69) is 4.98 Å². The number of carbonyl (C=O) groups excluding carboxylic acids is 1. The number of aliphatic carboxylic acids is 1. The highest BCUT2D eigenvalue weighted by Crippen LogP contribution is 2.11. The summed E-state index contributed by atoms with van der Waals surface area (Å²) < 4.78 is 4.90. The van der Waals surface area contributed by atoms with Crippen molar-refractivity contribution in [3.05, 3.63) is 24.0 Å². The third-order valence-corrected chi connectivity index (χ3v) is 2.03. The van der Waals surface area contributed by atoms with E-state index in [1.54, 1.807) is 12.3 Å². The van der Waals surface area contributed by atoms with E-state index in [0.717, 1.165) is 0 Å². The van der Waals surface area contributed by atoms with Gasteiger partial charge in [-0.1, -0.05) is 13.8 Å². The first-order valence-electron chi connectivity index (χ1n) is 5.08. The minimum atomic E-state index is -1.12. The first-order chi connectivity index (χ1) is 7.50. The topological polar surface area (TPSA) is 79.4 Å². The van der Waals surface area contributed by atoms with Gasteiger partial charge in [0.05, 0.1) is 0 Å². The van der Waals surface area contributed by atoms with E-state index >= 15 is 0 Å². The zero-order valence-corrected chi connectivity index (χ0v) is 9.27. The Balaban J connectivity index is 2.62. The summed E-state index contributed by atoms with van der Waals surface area (Å²) in [4.78, 5) is 25.0. The molecule has 0 aromatic carbocycles. The van der Waals surface area contributed by atoms with Crippen molar-refractivity contribution in [2.75, 3.05) is 0 Å². The number of H-pyrrole nitrogens is 1. The average Bonchev–Trinajstić information content (AvgIpc) is 2.68. The predicted molar refractivity (Wildman–Crippen MR) is 57.1 cm³/mol. The summed E-state index contributed by atoms with van der Waals surface area (Å²) in [5.74, 6) is -1.61. The molecular formula is C11H15NO4. The van der Waals surface area contributed by atoms with Gasteiger partial charge in [0.25, 0.3) is 0 Å². The van der Waals surface area contributed by atoms with Crippen LogP contribution < -0.4 is 0 Å². The average molecular weight is 225 g/mol. The number of carboxylic acids is 1. The van der Waals surface area contributed by atoms with Crippen LogP contribution in [-0.4, -0.2) is 28.1 Å². The molecule has 0 fully saturated rings. The summed E-state index contributed by atoms with van der Waals surface area (Å²) in [7, 11) is 0. The zero-order valence-electron chi connectivity index (χ0n) is 9.27. The van der Waals surface area contributed by atoms with Gasteiger partial charge in [-0.05, 0) is 24.5 Å². The second kappa shape index (κ2) is 5.34. The largest absolute Gasteiger partial charge is 0.479 e. The van der Waals surface area contributed by atoms with Crippen LogP contribution in [0.1, 0.15) is 30.8 Å². The summed E-state index contributed by atoms with van der Waals surface area (Å²) in [6.07, 6.45) is 0.798. The van der Waals surface area contributed by atoms with Crippen LogP contribution in [0.25, 0.3) is 0 Å². The van der Waals surface area contributed by atoms with Crippen molar-refractivity contribution < 1.29 is 19.4 Å². The van der Waals surface area contributed by atoms with Crippen LogP contribution in [0, 0.1) is 5.92 Å². The van der Waals surface area contributed by atoms with Gasteiger partial charge in [-0.3, -0.25) is 0 Å². The fourth-order valence-corrected chi connectivity index (χ4v) is 1.28. The Hall–Kier alpha value is -1.78. The molecule has 5 heteroatoms. The fraction of sp³-hybridized carbons (Fsp3) is 0.455. The normalized spacial score (nSPS) is 12.4. The second-order valence-corrected chi connectivity index (χ2v) is 3.95. The molecule has 16 heavy (non-hydrogen) atoms. The summed E-state index contributed by atoms with van der Waals surface area (Å²) in [5.41, 5.74) is 0.259. The number of carbonyl (C=O) groups is 2. The molecule has 0 saturated heterocycles. The molecule has 1 atom stereocenters. The SMILES string of the molecule is CC(C)CC(OC(=O)c1ccc[nH]1)C(=O)O. The van der Waals surface area contributed by atoms with Gasteiger partial charge in [0.15, 0.2) is 6.10 Å². The Labute approximate surface area is 93.4 Å². The van der Waals surface area contributed by atoms with E-state index in [-0.39, 0.29) is 11.6 Å². The Morgan fingerprint density at radius 2 is 2.19 bits per heavy atom. The van der Waals surface area contributed by atoms with Gasteiger partial charge in [-0.15, -0.1) is 0 Å². The first kappa shape index (κ1) is 12.3. The lowest BCUT2D eigenvalue weighted by Gasteiger charge is -2.14. The van der Waals surface area contributed by atoms with Crippen LogP contribution >= 0.6 is 0 Å². The molecule has 1 rings (SSSR count). The van der Waals surface area contributed by atoms with Crippen LogP contribution in [0.5, 0.6) is 0 Å². The van der Waals surface area contributed by atoms with E-state index in [1.165, 1.54) is 6.07 Å². The van der Waals surface area contributed by atoms with Gasteiger partial charge in [0, 0.05) is 6.20 Å². The molecule has 0 bridgehead atoms. The number of esters is 1.